The first-order valence-electron chi connectivity index (χ1n) is 9.73. The maximum Gasteiger partial charge on any atom is 0.270 e. The normalized spacial score (nSPS) is 10.6. The van der Waals surface area contributed by atoms with Gasteiger partial charge in [-0.15, -0.1) is 5.10 Å². The van der Waals surface area contributed by atoms with Gasteiger partial charge < -0.3 is 5.32 Å². The lowest BCUT2D eigenvalue weighted by Crippen LogP contribution is -2.29. The van der Waals surface area contributed by atoms with Crippen LogP contribution in [0.3, 0.4) is 0 Å². The number of H-pyrrole nitrogens is 1. The van der Waals surface area contributed by atoms with Crippen molar-refractivity contribution in [2.45, 2.75) is 5.92 Å². The number of anilines is 1. The minimum absolute atomic E-state index is 0.0337. The Balaban J connectivity index is 1.42. The highest BCUT2D eigenvalue weighted by atomic mass is 16.2. The van der Waals surface area contributed by atoms with Crippen molar-refractivity contribution in [2.24, 2.45) is 0 Å². The second-order valence-corrected chi connectivity index (χ2v) is 6.85. The van der Waals surface area contributed by atoms with E-state index in [9.17, 15) is 9.59 Å². The number of aromatic nitrogens is 4. The van der Waals surface area contributed by atoms with E-state index in [-0.39, 0.29) is 23.7 Å². The lowest BCUT2D eigenvalue weighted by Gasteiger charge is -2.19. The Morgan fingerprint density at radius 3 is 1.84 bits per heavy atom. The largest absolute Gasteiger partial charge is 0.351 e. The van der Waals surface area contributed by atoms with Gasteiger partial charge in [0.1, 0.15) is 0 Å². The second-order valence-electron chi connectivity index (χ2n) is 6.85. The van der Waals surface area contributed by atoms with Crippen LogP contribution in [0, 0.1) is 0 Å². The van der Waals surface area contributed by atoms with E-state index in [4.69, 9.17) is 0 Å². The molecule has 31 heavy (non-hydrogen) atoms. The first kappa shape index (κ1) is 20.0. The molecule has 0 aliphatic heterocycles. The smallest absolute Gasteiger partial charge is 0.270 e. The van der Waals surface area contributed by atoms with Gasteiger partial charge in [-0.3, -0.25) is 14.9 Å². The monoisotopic (exact) mass is 412 g/mol. The quantitative estimate of drug-likeness (QED) is 0.432. The van der Waals surface area contributed by atoms with Gasteiger partial charge in [-0.25, -0.2) is 0 Å². The SMILES string of the molecule is O=C(NCC(c1ccccc1)c1ccccc1)c1ccc(C(=O)Nc2nn[nH]n2)cc1. The van der Waals surface area contributed by atoms with Crippen LogP contribution in [0.5, 0.6) is 0 Å². The molecule has 8 nitrogen and oxygen atoms in total. The van der Waals surface area contributed by atoms with Crippen LogP contribution in [0.1, 0.15) is 37.8 Å². The molecule has 4 aromatic rings. The van der Waals surface area contributed by atoms with Crippen LogP contribution >= 0.6 is 0 Å². The molecule has 0 saturated carbocycles. The van der Waals surface area contributed by atoms with Crippen LogP contribution in [0.15, 0.2) is 84.9 Å². The highest BCUT2D eigenvalue weighted by Crippen LogP contribution is 2.23. The molecule has 4 rings (SSSR count). The molecular formula is C23H20N6O2. The van der Waals surface area contributed by atoms with E-state index in [0.717, 1.165) is 11.1 Å². The standard InChI is InChI=1S/C23H20N6O2/c30-21(18-11-13-19(14-12-18)22(31)25-23-26-28-29-27-23)24-15-20(16-7-3-1-4-8-16)17-9-5-2-6-10-17/h1-14,20H,15H2,(H,24,30)(H2,25,26,27,28,29,31). The molecule has 1 heterocycles. The summed E-state index contributed by atoms with van der Waals surface area (Å²) in [6.07, 6.45) is 0. The average molecular weight is 412 g/mol. The zero-order valence-electron chi connectivity index (χ0n) is 16.5. The summed E-state index contributed by atoms with van der Waals surface area (Å²) in [5.41, 5.74) is 3.11. The summed E-state index contributed by atoms with van der Waals surface area (Å²) in [5.74, 6) is -0.477. The van der Waals surface area contributed by atoms with E-state index in [1.54, 1.807) is 24.3 Å². The van der Waals surface area contributed by atoms with Gasteiger partial charge in [0.05, 0.1) is 0 Å². The Bertz CT molecular complexity index is 1090. The van der Waals surface area contributed by atoms with Crippen LogP contribution in [-0.2, 0) is 0 Å². The molecule has 0 radical (unpaired) electrons. The van der Waals surface area contributed by atoms with E-state index in [0.29, 0.717) is 17.7 Å². The van der Waals surface area contributed by atoms with E-state index < -0.39 is 0 Å². The van der Waals surface area contributed by atoms with Gasteiger partial charge >= 0.3 is 0 Å². The Hall–Kier alpha value is -4.33. The summed E-state index contributed by atoms with van der Waals surface area (Å²) in [6.45, 7) is 0.451. The van der Waals surface area contributed by atoms with Crippen LogP contribution in [0.25, 0.3) is 0 Å². The Morgan fingerprint density at radius 2 is 1.32 bits per heavy atom. The number of carbonyl (C=O) groups excluding carboxylic acids is 2. The molecule has 0 fully saturated rings. The fourth-order valence-corrected chi connectivity index (χ4v) is 3.26. The van der Waals surface area contributed by atoms with Crippen LogP contribution in [0.4, 0.5) is 5.95 Å². The maximum atomic E-state index is 12.7. The summed E-state index contributed by atoms with van der Waals surface area (Å²) in [6, 6.07) is 26.5. The van der Waals surface area contributed by atoms with Crippen LogP contribution < -0.4 is 10.6 Å². The summed E-state index contributed by atoms with van der Waals surface area (Å²) >= 11 is 0. The predicted octanol–water partition coefficient (Wildman–Crippen LogP) is 3.01. The molecule has 3 aromatic carbocycles. The molecule has 154 valence electrons. The van der Waals surface area contributed by atoms with E-state index in [1.165, 1.54) is 0 Å². The van der Waals surface area contributed by atoms with Crippen molar-refractivity contribution in [1.29, 1.82) is 0 Å². The Labute approximate surface area is 178 Å². The zero-order chi connectivity index (χ0) is 21.5. The van der Waals surface area contributed by atoms with Gasteiger partial charge in [-0.1, -0.05) is 65.8 Å². The fraction of sp³-hybridized carbons (Fsp3) is 0.0870. The van der Waals surface area contributed by atoms with Crippen molar-refractivity contribution in [3.8, 4) is 0 Å². The van der Waals surface area contributed by atoms with Gasteiger partial charge in [0.25, 0.3) is 17.8 Å². The minimum Gasteiger partial charge on any atom is -0.351 e. The first-order chi connectivity index (χ1) is 15.2. The van der Waals surface area contributed by atoms with E-state index >= 15 is 0 Å². The zero-order valence-corrected chi connectivity index (χ0v) is 16.5. The molecule has 0 aliphatic rings. The first-order valence-corrected chi connectivity index (χ1v) is 9.73. The topological polar surface area (TPSA) is 113 Å². The van der Waals surface area contributed by atoms with Crippen molar-refractivity contribution in [2.75, 3.05) is 11.9 Å². The lowest BCUT2D eigenvalue weighted by atomic mass is 9.91. The van der Waals surface area contributed by atoms with Gasteiger partial charge in [-0.05, 0) is 40.6 Å². The Kier molecular flexibility index (Phi) is 6.08. The molecule has 0 unspecified atom stereocenters. The van der Waals surface area contributed by atoms with Crippen molar-refractivity contribution < 1.29 is 9.59 Å². The number of amides is 2. The summed E-state index contributed by atoms with van der Waals surface area (Å²) in [5, 5.41) is 18.5. The highest BCUT2D eigenvalue weighted by Gasteiger charge is 2.16. The highest BCUT2D eigenvalue weighted by molar-refractivity contribution is 6.04. The molecule has 0 aliphatic carbocycles. The molecular weight excluding hydrogens is 392 g/mol. The average Bonchev–Trinajstić information content (AvgIpc) is 3.33. The number of tetrazole rings is 1. The van der Waals surface area contributed by atoms with Crippen molar-refractivity contribution >= 4 is 17.8 Å². The number of benzene rings is 3. The van der Waals surface area contributed by atoms with Gasteiger partial charge in [0.15, 0.2) is 0 Å². The molecule has 2 amide bonds. The molecule has 0 spiro atoms. The Morgan fingerprint density at radius 1 is 0.774 bits per heavy atom. The molecule has 1 aromatic heterocycles. The van der Waals surface area contributed by atoms with Gasteiger partial charge in [-0.2, -0.15) is 5.21 Å². The fourth-order valence-electron chi connectivity index (χ4n) is 3.26. The van der Waals surface area contributed by atoms with Gasteiger partial charge in [0.2, 0.25) is 0 Å². The third kappa shape index (κ3) is 4.99. The third-order valence-corrected chi connectivity index (χ3v) is 4.85. The number of carbonyl (C=O) groups is 2. The van der Waals surface area contributed by atoms with Crippen LogP contribution in [-0.4, -0.2) is 39.0 Å². The van der Waals surface area contributed by atoms with Crippen molar-refractivity contribution in [1.82, 2.24) is 25.9 Å². The predicted molar refractivity (Wildman–Crippen MR) is 116 cm³/mol. The molecule has 3 N–H and O–H groups in total. The third-order valence-electron chi connectivity index (χ3n) is 4.85. The second kappa shape index (κ2) is 9.45. The molecule has 0 bridgehead atoms. The number of hydrogen-bond acceptors (Lipinski definition) is 5. The van der Waals surface area contributed by atoms with Crippen LogP contribution in [0.2, 0.25) is 0 Å². The molecule has 0 atom stereocenters. The number of hydrogen-bond donors (Lipinski definition) is 3. The number of nitrogens with zero attached hydrogens (tertiary/aromatic N) is 3. The number of nitrogens with one attached hydrogen (secondary N) is 3. The minimum atomic E-state index is -0.387. The maximum absolute atomic E-state index is 12.7. The lowest BCUT2D eigenvalue weighted by molar-refractivity contribution is 0.0950. The molecule has 0 saturated heterocycles. The van der Waals surface area contributed by atoms with Crippen molar-refractivity contribution in [3.63, 3.8) is 0 Å². The van der Waals surface area contributed by atoms with E-state index in [1.807, 2.05) is 36.4 Å². The number of rotatable bonds is 7. The summed E-state index contributed by atoms with van der Waals surface area (Å²) in [4.78, 5) is 24.9. The van der Waals surface area contributed by atoms with Gasteiger partial charge in [0, 0.05) is 23.6 Å². The summed E-state index contributed by atoms with van der Waals surface area (Å²) in [7, 11) is 0. The molecule has 8 heteroatoms. The number of aromatic amines is 1. The van der Waals surface area contributed by atoms with E-state index in [2.05, 4.69) is 55.5 Å². The summed E-state index contributed by atoms with van der Waals surface area (Å²) < 4.78 is 0. The van der Waals surface area contributed by atoms with Crippen molar-refractivity contribution in [3.05, 3.63) is 107 Å².